The van der Waals surface area contributed by atoms with Crippen LogP contribution in [-0.4, -0.2) is 72.9 Å². The number of thiophene rings is 1. The maximum Gasteiger partial charge on any atom is 0.236 e. The fraction of sp³-hybridized carbons (Fsp3) is 0.379. The number of rotatable bonds is 6. The van der Waals surface area contributed by atoms with E-state index in [9.17, 15) is 9.59 Å². The SMILES string of the molecule is COc1ccc(CC(=O)N2CCN(C(=O)CN3CCc4sccc4[C@@H]3c3ccccc3C)CC2)cc1. The smallest absolute Gasteiger partial charge is 0.236 e. The van der Waals surface area contributed by atoms with E-state index in [0.29, 0.717) is 39.1 Å². The van der Waals surface area contributed by atoms with E-state index in [2.05, 4.69) is 47.5 Å². The predicted molar refractivity (Wildman–Crippen MR) is 142 cm³/mol. The Labute approximate surface area is 217 Å². The topological polar surface area (TPSA) is 53.1 Å². The van der Waals surface area contributed by atoms with Crippen molar-refractivity contribution in [2.24, 2.45) is 0 Å². The lowest BCUT2D eigenvalue weighted by Gasteiger charge is -2.39. The maximum absolute atomic E-state index is 13.4. The summed E-state index contributed by atoms with van der Waals surface area (Å²) < 4.78 is 5.19. The van der Waals surface area contributed by atoms with Crippen LogP contribution in [0.3, 0.4) is 0 Å². The second-order valence-electron chi connectivity index (χ2n) is 9.57. The first-order valence-corrected chi connectivity index (χ1v) is 13.5. The van der Waals surface area contributed by atoms with E-state index in [1.165, 1.54) is 21.6 Å². The summed E-state index contributed by atoms with van der Waals surface area (Å²) in [7, 11) is 1.63. The van der Waals surface area contributed by atoms with Crippen molar-refractivity contribution < 1.29 is 14.3 Å². The van der Waals surface area contributed by atoms with Crippen LogP contribution in [-0.2, 0) is 22.4 Å². The Bertz CT molecular complexity index is 1210. The molecule has 188 valence electrons. The Morgan fingerprint density at radius 1 is 0.889 bits per heavy atom. The number of carbonyl (C=O) groups is 2. The average Bonchev–Trinajstić information content (AvgIpc) is 3.39. The number of nitrogens with zero attached hydrogens (tertiary/aromatic N) is 3. The molecule has 0 bridgehead atoms. The highest BCUT2D eigenvalue weighted by Gasteiger charge is 2.33. The number of amides is 2. The normalized spacial score (nSPS) is 18.1. The molecule has 0 radical (unpaired) electrons. The van der Waals surface area contributed by atoms with Crippen LogP contribution in [0.15, 0.2) is 60.0 Å². The number of aryl methyl sites for hydroxylation is 1. The average molecular weight is 504 g/mol. The fourth-order valence-electron chi connectivity index (χ4n) is 5.31. The summed E-state index contributed by atoms with van der Waals surface area (Å²) in [5.41, 5.74) is 4.84. The van der Waals surface area contributed by atoms with Gasteiger partial charge in [-0.3, -0.25) is 14.5 Å². The Morgan fingerprint density at radius 2 is 1.58 bits per heavy atom. The molecule has 6 nitrogen and oxygen atoms in total. The van der Waals surface area contributed by atoms with E-state index >= 15 is 0 Å². The third-order valence-corrected chi connectivity index (χ3v) is 8.38. The molecule has 0 saturated carbocycles. The molecule has 0 unspecified atom stereocenters. The molecule has 1 atom stereocenters. The quantitative estimate of drug-likeness (QED) is 0.512. The lowest BCUT2D eigenvalue weighted by molar-refractivity contribution is -0.140. The molecule has 2 aliphatic rings. The first-order chi connectivity index (χ1) is 17.5. The van der Waals surface area contributed by atoms with Crippen molar-refractivity contribution in [2.75, 3.05) is 46.4 Å². The van der Waals surface area contributed by atoms with Crippen LogP contribution in [0.1, 0.15) is 33.2 Å². The van der Waals surface area contributed by atoms with Gasteiger partial charge in [-0.25, -0.2) is 0 Å². The molecule has 1 saturated heterocycles. The summed E-state index contributed by atoms with van der Waals surface area (Å²) in [5, 5.41) is 2.17. The van der Waals surface area contributed by atoms with Crippen LogP contribution < -0.4 is 4.74 Å². The van der Waals surface area contributed by atoms with Gasteiger partial charge in [0.1, 0.15) is 5.75 Å². The number of benzene rings is 2. The highest BCUT2D eigenvalue weighted by Crippen LogP contribution is 2.38. The zero-order valence-electron chi connectivity index (χ0n) is 21.0. The van der Waals surface area contributed by atoms with Crippen molar-refractivity contribution in [3.63, 3.8) is 0 Å². The van der Waals surface area contributed by atoms with Crippen LogP contribution in [0.5, 0.6) is 5.75 Å². The Morgan fingerprint density at radius 3 is 2.28 bits per heavy atom. The zero-order chi connectivity index (χ0) is 25.1. The van der Waals surface area contributed by atoms with Crippen molar-refractivity contribution in [2.45, 2.75) is 25.8 Å². The monoisotopic (exact) mass is 503 g/mol. The Balaban J connectivity index is 1.20. The minimum absolute atomic E-state index is 0.105. The van der Waals surface area contributed by atoms with Gasteiger partial charge < -0.3 is 14.5 Å². The van der Waals surface area contributed by atoms with Gasteiger partial charge in [0.05, 0.1) is 26.1 Å². The number of ether oxygens (including phenoxy) is 1. The number of methoxy groups -OCH3 is 1. The molecule has 0 N–H and O–H groups in total. The minimum atomic E-state index is 0.105. The molecule has 2 amide bonds. The predicted octanol–water partition coefficient (Wildman–Crippen LogP) is 3.93. The van der Waals surface area contributed by atoms with Crippen molar-refractivity contribution in [1.29, 1.82) is 0 Å². The van der Waals surface area contributed by atoms with Gasteiger partial charge in [0.2, 0.25) is 11.8 Å². The molecule has 0 spiro atoms. The molecular formula is C29H33N3O3S. The van der Waals surface area contributed by atoms with Crippen LogP contribution in [0.2, 0.25) is 0 Å². The number of carbonyl (C=O) groups excluding carboxylic acids is 2. The third kappa shape index (κ3) is 5.18. The summed E-state index contributed by atoms with van der Waals surface area (Å²) in [5.74, 6) is 1.04. The number of hydrogen-bond donors (Lipinski definition) is 0. The maximum atomic E-state index is 13.4. The van der Waals surface area contributed by atoms with Gasteiger partial charge in [-0.2, -0.15) is 0 Å². The summed E-state index contributed by atoms with van der Waals surface area (Å²) in [6, 6.07) is 18.4. The second kappa shape index (κ2) is 10.8. The van der Waals surface area contributed by atoms with Gasteiger partial charge in [0, 0.05) is 37.6 Å². The van der Waals surface area contributed by atoms with E-state index in [1.807, 2.05) is 45.4 Å². The van der Waals surface area contributed by atoms with Crippen molar-refractivity contribution in [1.82, 2.24) is 14.7 Å². The van der Waals surface area contributed by atoms with Gasteiger partial charge in [0.15, 0.2) is 0 Å². The number of hydrogen-bond acceptors (Lipinski definition) is 5. The highest BCUT2D eigenvalue weighted by atomic mass is 32.1. The van der Waals surface area contributed by atoms with Crippen molar-refractivity contribution in [3.05, 3.63) is 87.1 Å². The molecule has 36 heavy (non-hydrogen) atoms. The summed E-state index contributed by atoms with van der Waals surface area (Å²) >= 11 is 1.82. The molecule has 5 rings (SSSR count). The molecular weight excluding hydrogens is 470 g/mol. The van der Waals surface area contributed by atoms with E-state index in [0.717, 1.165) is 24.3 Å². The molecule has 3 heterocycles. The standard InChI is InChI=1S/C29H33N3O3S/c1-21-5-3-4-6-24(21)29-25-12-18-36-26(25)11-13-32(29)20-28(34)31-16-14-30(15-17-31)27(33)19-22-7-9-23(35-2)10-8-22/h3-10,12,18,29H,11,13-17,19-20H2,1-2H3/t29-/m0/s1. The molecule has 1 aromatic heterocycles. The highest BCUT2D eigenvalue weighted by molar-refractivity contribution is 7.10. The first kappa shape index (κ1) is 24.5. The number of piperazine rings is 1. The Kier molecular flexibility index (Phi) is 7.39. The molecule has 1 fully saturated rings. The van der Waals surface area contributed by atoms with E-state index in [-0.39, 0.29) is 17.9 Å². The van der Waals surface area contributed by atoms with Crippen molar-refractivity contribution in [3.8, 4) is 5.75 Å². The second-order valence-corrected chi connectivity index (χ2v) is 10.6. The zero-order valence-corrected chi connectivity index (χ0v) is 21.8. The third-order valence-electron chi connectivity index (χ3n) is 7.39. The van der Waals surface area contributed by atoms with Gasteiger partial charge >= 0.3 is 0 Å². The van der Waals surface area contributed by atoms with Gasteiger partial charge in [-0.1, -0.05) is 36.4 Å². The fourth-order valence-corrected chi connectivity index (χ4v) is 6.21. The van der Waals surface area contributed by atoms with Crippen LogP contribution >= 0.6 is 11.3 Å². The van der Waals surface area contributed by atoms with E-state index in [4.69, 9.17) is 4.74 Å². The Hall–Kier alpha value is -3.16. The van der Waals surface area contributed by atoms with Crippen LogP contribution in [0.25, 0.3) is 0 Å². The first-order valence-electron chi connectivity index (χ1n) is 12.6. The molecule has 2 aliphatic heterocycles. The molecule has 0 aliphatic carbocycles. The largest absolute Gasteiger partial charge is 0.497 e. The molecule has 2 aromatic carbocycles. The van der Waals surface area contributed by atoms with Crippen LogP contribution in [0.4, 0.5) is 0 Å². The summed E-state index contributed by atoms with van der Waals surface area (Å²) in [4.78, 5) is 33.8. The van der Waals surface area contributed by atoms with Gasteiger partial charge in [-0.15, -0.1) is 11.3 Å². The van der Waals surface area contributed by atoms with E-state index < -0.39 is 0 Å². The lowest BCUT2D eigenvalue weighted by Crippen LogP contribution is -2.53. The summed E-state index contributed by atoms with van der Waals surface area (Å²) in [6.45, 7) is 5.75. The molecule has 7 heteroatoms. The minimum Gasteiger partial charge on any atom is -0.497 e. The van der Waals surface area contributed by atoms with Gasteiger partial charge in [-0.05, 0) is 59.2 Å². The lowest BCUT2D eigenvalue weighted by atomic mass is 9.90. The summed E-state index contributed by atoms with van der Waals surface area (Å²) in [6.07, 6.45) is 1.35. The molecule has 3 aromatic rings. The van der Waals surface area contributed by atoms with E-state index in [1.54, 1.807) is 7.11 Å². The van der Waals surface area contributed by atoms with Crippen LogP contribution in [0, 0.1) is 6.92 Å². The van der Waals surface area contributed by atoms with Gasteiger partial charge in [0.25, 0.3) is 0 Å². The van der Waals surface area contributed by atoms with Crippen molar-refractivity contribution >= 4 is 23.2 Å². The number of fused-ring (bicyclic) bond motifs is 1.